The lowest BCUT2D eigenvalue weighted by atomic mass is 10.1. The summed E-state index contributed by atoms with van der Waals surface area (Å²) in [5.74, 6) is 0.840. The normalized spacial score (nSPS) is 11.2. The van der Waals surface area contributed by atoms with Crippen molar-refractivity contribution in [2.45, 2.75) is 46.3 Å². The van der Waals surface area contributed by atoms with Gasteiger partial charge in [0.05, 0.1) is 17.4 Å². The Kier molecular flexibility index (Phi) is 5.39. The van der Waals surface area contributed by atoms with Gasteiger partial charge in [-0.25, -0.2) is 9.97 Å². The van der Waals surface area contributed by atoms with E-state index in [1.54, 1.807) is 6.07 Å². The van der Waals surface area contributed by atoms with Crippen molar-refractivity contribution in [3.63, 3.8) is 0 Å². The number of ether oxygens (including phenoxy) is 1. The number of nitrogens with zero attached hydrogens (tertiary/aromatic N) is 2. The van der Waals surface area contributed by atoms with Crippen LogP contribution < -0.4 is 15.4 Å². The summed E-state index contributed by atoms with van der Waals surface area (Å²) >= 11 is 0. The molecule has 0 aliphatic rings. The molecule has 0 radical (unpaired) electrons. The minimum absolute atomic E-state index is 0.0224. The Morgan fingerprint density at radius 3 is 2.33 bits per heavy atom. The quantitative estimate of drug-likeness (QED) is 0.874. The van der Waals surface area contributed by atoms with Crippen LogP contribution in [0.3, 0.4) is 0 Å². The summed E-state index contributed by atoms with van der Waals surface area (Å²) in [7, 11) is 0. The first-order chi connectivity index (χ1) is 11.2. The van der Waals surface area contributed by atoms with E-state index in [0.29, 0.717) is 22.9 Å². The van der Waals surface area contributed by atoms with Crippen LogP contribution in [-0.4, -0.2) is 27.5 Å². The second-order valence-electron chi connectivity index (χ2n) is 6.79. The standard InChI is InChI=1S/C18H24N4O2/c1-12(2)24-15-9-7-6-8-14(15)21-16(23)13-10-19-17(20-11-13)22-18(3,4)5/h6-12H,1-5H3,(H,21,23)(H,19,20,22). The number of carbonyl (C=O) groups excluding carboxylic acids is 1. The topological polar surface area (TPSA) is 76.1 Å². The third kappa shape index (κ3) is 5.22. The zero-order valence-corrected chi connectivity index (χ0v) is 14.8. The van der Waals surface area contributed by atoms with Crippen LogP contribution in [0, 0.1) is 0 Å². The van der Waals surface area contributed by atoms with Gasteiger partial charge in [-0.05, 0) is 46.8 Å². The molecule has 0 unspecified atom stereocenters. The van der Waals surface area contributed by atoms with E-state index in [-0.39, 0.29) is 17.6 Å². The Balaban J connectivity index is 2.10. The summed E-state index contributed by atoms with van der Waals surface area (Å²) in [6.45, 7) is 9.93. The minimum atomic E-state index is -0.280. The van der Waals surface area contributed by atoms with Gasteiger partial charge in [0, 0.05) is 17.9 Å². The van der Waals surface area contributed by atoms with E-state index in [1.807, 2.05) is 52.8 Å². The number of carbonyl (C=O) groups is 1. The van der Waals surface area contributed by atoms with Gasteiger partial charge in [0.2, 0.25) is 5.95 Å². The number of para-hydroxylation sites is 2. The molecule has 0 saturated heterocycles. The lowest BCUT2D eigenvalue weighted by molar-refractivity contribution is 0.102. The van der Waals surface area contributed by atoms with Crippen LogP contribution in [0.15, 0.2) is 36.7 Å². The Bertz CT molecular complexity index is 691. The van der Waals surface area contributed by atoms with Gasteiger partial charge in [0.15, 0.2) is 0 Å². The first-order valence-corrected chi connectivity index (χ1v) is 7.92. The lowest BCUT2D eigenvalue weighted by Gasteiger charge is -2.20. The molecule has 6 heteroatoms. The van der Waals surface area contributed by atoms with Crippen molar-refractivity contribution >= 4 is 17.5 Å². The number of aromatic nitrogens is 2. The van der Waals surface area contributed by atoms with Crippen LogP contribution in [0.1, 0.15) is 45.0 Å². The number of rotatable bonds is 5. The lowest BCUT2D eigenvalue weighted by Crippen LogP contribution is -2.27. The number of nitrogens with one attached hydrogen (secondary N) is 2. The summed E-state index contributed by atoms with van der Waals surface area (Å²) in [6, 6.07) is 7.33. The highest BCUT2D eigenvalue weighted by Gasteiger charge is 2.14. The third-order valence-corrected chi connectivity index (χ3v) is 2.90. The van der Waals surface area contributed by atoms with Crippen molar-refractivity contribution < 1.29 is 9.53 Å². The zero-order chi connectivity index (χ0) is 17.7. The highest BCUT2D eigenvalue weighted by molar-refractivity contribution is 6.04. The molecule has 6 nitrogen and oxygen atoms in total. The van der Waals surface area contributed by atoms with Gasteiger partial charge >= 0.3 is 0 Å². The molecule has 0 atom stereocenters. The number of hydrogen-bond acceptors (Lipinski definition) is 5. The minimum Gasteiger partial charge on any atom is -0.489 e. The molecule has 2 rings (SSSR count). The molecule has 1 aromatic carbocycles. The second-order valence-corrected chi connectivity index (χ2v) is 6.79. The van der Waals surface area contributed by atoms with Crippen molar-refractivity contribution in [2.75, 3.05) is 10.6 Å². The molecule has 0 saturated carbocycles. The van der Waals surface area contributed by atoms with Crippen molar-refractivity contribution in [3.05, 3.63) is 42.2 Å². The largest absolute Gasteiger partial charge is 0.489 e. The summed E-state index contributed by atoms with van der Waals surface area (Å²) < 4.78 is 5.70. The van der Waals surface area contributed by atoms with E-state index >= 15 is 0 Å². The number of hydrogen-bond donors (Lipinski definition) is 2. The number of anilines is 2. The van der Waals surface area contributed by atoms with Gasteiger partial charge in [-0.2, -0.15) is 0 Å². The Morgan fingerprint density at radius 1 is 1.12 bits per heavy atom. The first kappa shape index (κ1) is 17.7. The van der Waals surface area contributed by atoms with Crippen molar-refractivity contribution in [2.24, 2.45) is 0 Å². The average Bonchev–Trinajstić information content (AvgIpc) is 2.48. The molecule has 0 fully saturated rings. The number of amides is 1. The molecule has 2 N–H and O–H groups in total. The van der Waals surface area contributed by atoms with Gasteiger partial charge < -0.3 is 15.4 Å². The van der Waals surface area contributed by atoms with E-state index in [9.17, 15) is 4.79 Å². The van der Waals surface area contributed by atoms with Crippen LogP contribution in [0.25, 0.3) is 0 Å². The summed E-state index contributed by atoms with van der Waals surface area (Å²) in [4.78, 5) is 20.7. The van der Waals surface area contributed by atoms with E-state index in [2.05, 4.69) is 20.6 Å². The Hall–Kier alpha value is -2.63. The monoisotopic (exact) mass is 328 g/mol. The fourth-order valence-corrected chi connectivity index (χ4v) is 1.97. The molecule has 1 heterocycles. The smallest absolute Gasteiger partial charge is 0.258 e. The van der Waals surface area contributed by atoms with Crippen LogP contribution in [0.2, 0.25) is 0 Å². The van der Waals surface area contributed by atoms with Gasteiger partial charge in [-0.1, -0.05) is 12.1 Å². The van der Waals surface area contributed by atoms with Gasteiger partial charge in [-0.15, -0.1) is 0 Å². The molecule has 128 valence electrons. The molecule has 0 spiro atoms. The van der Waals surface area contributed by atoms with Crippen LogP contribution in [0.4, 0.5) is 11.6 Å². The van der Waals surface area contributed by atoms with Gasteiger partial charge in [0.1, 0.15) is 5.75 Å². The molecule has 0 aliphatic heterocycles. The predicted molar refractivity (Wildman–Crippen MR) is 95.6 cm³/mol. The molecule has 24 heavy (non-hydrogen) atoms. The van der Waals surface area contributed by atoms with Gasteiger partial charge in [0.25, 0.3) is 5.91 Å². The maximum absolute atomic E-state index is 12.4. The molecule has 0 aliphatic carbocycles. The van der Waals surface area contributed by atoms with Crippen LogP contribution in [-0.2, 0) is 0 Å². The summed E-state index contributed by atoms with van der Waals surface area (Å²) in [5.41, 5.74) is 0.860. The molecule has 2 aromatic rings. The summed E-state index contributed by atoms with van der Waals surface area (Å²) in [5, 5.41) is 5.99. The highest BCUT2D eigenvalue weighted by atomic mass is 16.5. The SMILES string of the molecule is CC(C)Oc1ccccc1NC(=O)c1cnc(NC(C)(C)C)nc1. The highest BCUT2D eigenvalue weighted by Crippen LogP contribution is 2.25. The van der Waals surface area contributed by atoms with Crippen molar-refractivity contribution in [1.82, 2.24) is 9.97 Å². The Morgan fingerprint density at radius 2 is 1.75 bits per heavy atom. The van der Waals surface area contributed by atoms with Gasteiger partial charge in [-0.3, -0.25) is 4.79 Å². The fraction of sp³-hybridized carbons (Fsp3) is 0.389. The molecule has 1 amide bonds. The Labute approximate surface area is 142 Å². The second kappa shape index (κ2) is 7.29. The van der Waals surface area contributed by atoms with E-state index in [1.165, 1.54) is 12.4 Å². The number of benzene rings is 1. The predicted octanol–water partition coefficient (Wildman–Crippen LogP) is 3.73. The van der Waals surface area contributed by atoms with E-state index in [0.717, 1.165) is 0 Å². The maximum Gasteiger partial charge on any atom is 0.258 e. The van der Waals surface area contributed by atoms with Crippen molar-refractivity contribution in [3.8, 4) is 5.75 Å². The zero-order valence-electron chi connectivity index (χ0n) is 14.8. The average molecular weight is 328 g/mol. The maximum atomic E-state index is 12.4. The first-order valence-electron chi connectivity index (χ1n) is 7.92. The molecule has 0 bridgehead atoms. The van der Waals surface area contributed by atoms with E-state index in [4.69, 9.17) is 4.74 Å². The summed E-state index contributed by atoms with van der Waals surface area (Å²) in [6.07, 6.45) is 3.03. The third-order valence-electron chi connectivity index (χ3n) is 2.90. The van der Waals surface area contributed by atoms with Crippen LogP contribution >= 0.6 is 0 Å². The van der Waals surface area contributed by atoms with Crippen molar-refractivity contribution in [1.29, 1.82) is 0 Å². The van der Waals surface area contributed by atoms with Crippen LogP contribution in [0.5, 0.6) is 5.75 Å². The molecular weight excluding hydrogens is 304 g/mol. The van der Waals surface area contributed by atoms with E-state index < -0.39 is 0 Å². The fourth-order valence-electron chi connectivity index (χ4n) is 1.97. The molecule has 1 aromatic heterocycles. The molecular formula is C18H24N4O2.